The van der Waals surface area contributed by atoms with Crippen LogP contribution < -0.4 is 4.90 Å². The Bertz CT molecular complexity index is 1020. The van der Waals surface area contributed by atoms with Gasteiger partial charge in [0.1, 0.15) is 0 Å². The molecule has 162 valence electrons. The maximum absolute atomic E-state index is 13.4. The first-order valence-electron chi connectivity index (χ1n) is 9.47. The van der Waals surface area contributed by atoms with Crippen molar-refractivity contribution in [2.75, 3.05) is 12.0 Å². The molecule has 4 atom stereocenters. The molecule has 0 aliphatic carbocycles. The number of rotatable bonds is 5. The molecule has 0 radical (unpaired) electrons. The molecule has 2 amide bonds. The van der Waals surface area contributed by atoms with Crippen LogP contribution in [0.5, 0.6) is 0 Å². The number of amides is 2. The van der Waals surface area contributed by atoms with Crippen molar-refractivity contribution in [2.24, 2.45) is 11.8 Å². The van der Waals surface area contributed by atoms with E-state index >= 15 is 0 Å². The normalized spacial score (nSPS) is 28.1. The molecule has 1 aromatic rings. The van der Waals surface area contributed by atoms with E-state index in [-0.39, 0.29) is 11.3 Å². The lowest BCUT2D eigenvalue weighted by atomic mass is 9.76. The fourth-order valence-electron chi connectivity index (χ4n) is 4.36. The Kier molecular flexibility index (Phi) is 4.89. The first-order chi connectivity index (χ1) is 14.7. The molecular weight excluding hydrogens is 410 g/mol. The Morgan fingerprint density at radius 1 is 1.10 bits per heavy atom. The van der Waals surface area contributed by atoms with Crippen LogP contribution in [0.2, 0.25) is 0 Å². The molecular formula is C21H19NO9. The number of carbonyl (C=O) groups is 5. The zero-order chi connectivity index (χ0) is 22.5. The summed E-state index contributed by atoms with van der Waals surface area (Å²) in [4.78, 5) is 62.7. The molecule has 2 bridgehead atoms. The SMILES string of the molecule is COC(=O)c1cccc(N2C(=O)[C@@H]3[C@H]4C=C[C@@](C(OC(C)=O)OC(C)=O)(O4)[C@H]3C2=O)c1. The van der Waals surface area contributed by atoms with E-state index < -0.39 is 59.6 Å². The lowest BCUT2D eigenvalue weighted by Gasteiger charge is -2.34. The fourth-order valence-corrected chi connectivity index (χ4v) is 4.36. The van der Waals surface area contributed by atoms with Gasteiger partial charge in [0.2, 0.25) is 11.8 Å². The average molecular weight is 429 g/mol. The summed E-state index contributed by atoms with van der Waals surface area (Å²) in [6, 6.07) is 5.91. The van der Waals surface area contributed by atoms with Gasteiger partial charge in [0.05, 0.1) is 36.3 Å². The first-order valence-corrected chi connectivity index (χ1v) is 9.47. The maximum Gasteiger partial charge on any atom is 0.337 e. The minimum Gasteiger partial charge on any atom is -0.465 e. The van der Waals surface area contributed by atoms with E-state index in [9.17, 15) is 24.0 Å². The number of imide groups is 1. The van der Waals surface area contributed by atoms with Crippen LogP contribution in [0.1, 0.15) is 24.2 Å². The molecule has 0 spiro atoms. The smallest absolute Gasteiger partial charge is 0.337 e. The van der Waals surface area contributed by atoms with Crippen molar-refractivity contribution in [1.29, 1.82) is 0 Å². The standard InChI is InChI=1S/C21H19NO9/c1-10(23)29-20(30-11(2)24)21-8-7-14(31-21)15-16(21)18(26)22(17(15)25)13-6-4-5-12(9-13)19(27)28-3/h4-9,14-16,20H,1-3H3/t14-,15-,16-,21-/m1/s1. The lowest BCUT2D eigenvalue weighted by molar-refractivity contribution is -0.226. The molecule has 4 rings (SSSR count). The van der Waals surface area contributed by atoms with Crippen LogP contribution in [0.15, 0.2) is 36.4 Å². The van der Waals surface area contributed by atoms with Crippen LogP contribution >= 0.6 is 0 Å². The summed E-state index contributed by atoms with van der Waals surface area (Å²) in [5.74, 6) is -5.24. The van der Waals surface area contributed by atoms with E-state index in [2.05, 4.69) is 0 Å². The van der Waals surface area contributed by atoms with Crippen molar-refractivity contribution < 1.29 is 42.9 Å². The van der Waals surface area contributed by atoms with Gasteiger partial charge in [0, 0.05) is 13.8 Å². The van der Waals surface area contributed by atoms with E-state index in [1.54, 1.807) is 6.08 Å². The quantitative estimate of drug-likeness (QED) is 0.288. The largest absolute Gasteiger partial charge is 0.465 e. The van der Waals surface area contributed by atoms with E-state index in [1.165, 1.54) is 37.5 Å². The van der Waals surface area contributed by atoms with Gasteiger partial charge in [0.25, 0.3) is 6.29 Å². The molecule has 10 nitrogen and oxygen atoms in total. The zero-order valence-corrected chi connectivity index (χ0v) is 16.9. The Hall–Kier alpha value is -3.53. The van der Waals surface area contributed by atoms with Crippen molar-refractivity contribution in [2.45, 2.75) is 31.8 Å². The van der Waals surface area contributed by atoms with Crippen LogP contribution in [-0.2, 0) is 38.1 Å². The molecule has 0 unspecified atom stereocenters. The molecule has 3 aliphatic rings. The Labute approximate surface area is 176 Å². The van der Waals surface area contributed by atoms with Crippen molar-refractivity contribution in [3.05, 3.63) is 42.0 Å². The van der Waals surface area contributed by atoms with Gasteiger partial charge in [-0.3, -0.25) is 19.2 Å². The topological polar surface area (TPSA) is 126 Å². The third kappa shape index (κ3) is 3.10. The number of hydrogen-bond donors (Lipinski definition) is 0. The first kappa shape index (κ1) is 20.7. The third-order valence-corrected chi connectivity index (χ3v) is 5.52. The van der Waals surface area contributed by atoms with Crippen LogP contribution in [-0.4, -0.2) is 54.8 Å². The number of ether oxygens (including phenoxy) is 4. The number of benzene rings is 1. The summed E-state index contributed by atoms with van der Waals surface area (Å²) < 4.78 is 20.9. The molecule has 0 saturated carbocycles. The van der Waals surface area contributed by atoms with Crippen molar-refractivity contribution in [3.63, 3.8) is 0 Å². The van der Waals surface area contributed by atoms with Gasteiger partial charge in [0.15, 0.2) is 5.60 Å². The summed E-state index contributed by atoms with van der Waals surface area (Å²) >= 11 is 0. The molecule has 10 heteroatoms. The highest BCUT2D eigenvalue weighted by molar-refractivity contribution is 6.23. The zero-order valence-electron chi connectivity index (χ0n) is 16.9. The molecule has 3 aliphatic heterocycles. The van der Waals surface area contributed by atoms with Gasteiger partial charge in [-0.1, -0.05) is 12.1 Å². The summed E-state index contributed by atoms with van der Waals surface area (Å²) in [7, 11) is 1.22. The monoisotopic (exact) mass is 429 g/mol. The molecule has 2 fully saturated rings. The Balaban J connectivity index is 1.73. The van der Waals surface area contributed by atoms with Crippen LogP contribution in [0, 0.1) is 11.8 Å². The highest BCUT2D eigenvalue weighted by atomic mass is 16.7. The highest BCUT2D eigenvalue weighted by Gasteiger charge is 2.72. The second kappa shape index (κ2) is 7.31. The van der Waals surface area contributed by atoms with Crippen molar-refractivity contribution in [1.82, 2.24) is 0 Å². The van der Waals surface area contributed by atoms with Crippen LogP contribution in [0.4, 0.5) is 5.69 Å². The van der Waals surface area contributed by atoms with Crippen molar-refractivity contribution in [3.8, 4) is 0 Å². The second-order valence-corrected chi connectivity index (χ2v) is 7.40. The lowest BCUT2D eigenvalue weighted by Crippen LogP contribution is -2.52. The minimum absolute atomic E-state index is 0.169. The number of hydrogen-bond acceptors (Lipinski definition) is 9. The third-order valence-electron chi connectivity index (χ3n) is 5.52. The molecule has 31 heavy (non-hydrogen) atoms. The number of anilines is 1. The Morgan fingerprint density at radius 2 is 1.77 bits per heavy atom. The number of methoxy groups -OCH3 is 1. The van der Waals surface area contributed by atoms with Gasteiger partial charge in [-0.25, -0.2) is 9.69 Å². The van der Waals surface area contributed by atoms with Crippen molar-refractivity contribution >= 4 is 35.4 Å². The van der Waals surface area contributed by atoms with Crippen LogP contribution in [0.3, 0.4) is 0 Å². The van der Waals surface area contributed by atoms with E-state index in [4.69, 9.17) is 18.9 Å². The highest BCUT2D eigenvalue weighted by Crippen LogP contribution is 2.54. The number of fused-ring (bicyclic) bond motifs is 5. The second-order valence-electron chi connectivity index (χ2n) is 7.40. The van der Waals surface area contributed by atoms with E-state index in [0.29, 0.717) is 0 Å². The van der Waals surface area contributed by atoms with Gasteiger partial charge < -0.3 is 18.9 Å². The molecule has 3 heterocycles. The molecule has 0 N–H and O–H groups in total. The Morgan fingerprint density at radius 3 is 2.39 bits per heavy atom. The molecule has 1 aromatic carbocycles. The van der Waals surface area contributed by atoms with Gasteiger partial charge in [-0.15, -0.1) is 0 Å². The van der Waals surface area contributed by atoms with Crippen LogP contribution in [0.25, 0.3) is 0 Å². The predicted octanol–water partition coefficient (Wildman–Crippen LogP) is 0.738. The molecule has 0 aromatic heterocycles. The summed E-state index contributed by atoms with van der Waals surface area (Å²) in [5.41, 5.74) is -1.27. The minimum atomic E-state index is -1.63. The number of nitrogens with zero attached hydrogens (tertiary/aromatic N) is 1. The summed E-state index contributed by atoms with van der Waals surface area (Å²) in [6.07, 6.45) is 0.774. The molecule has 2 saturated heterocycles. The number of carbonyl (C=O) groups excluding carboxylic acids is 5. The summed E-state index contributed by atoms with van der Waals surface area (Å²) in [6.45, 7) is 2.25. The van der Waals surface area contributed by atoms with Gasteiger partial charge in [-0.05, 0) is 24.3 Å². The van der Waals surface area contributed by atoms with Gasteiger partial charge >= 0.3 is 17.9 Å². The fraction of sp³-hybridized carbons (Fsp3) is 0.381. The predicted molar refractivity (Wildman–Crippen MR) is 101 cm³/mol. The van der Waals surface area contributed by atoms with E-state index in [1.807, 2.05) is 0 Å². The van der Waals surface area contributed by atoms with Gasteiger partial charge in [-0.2, -0.15) is 0 Å². The van der Waals surface area contributed by atoms with E-state index in [0.717, 1.165) is 18.7 Å². The summed E-state index contributed by atoms with van der Waals surface area (Å²) in [5, 5.41) is 0. The number of esters is 3. The average Bonchev–Trinajstić information content (AvgIpc) is 3.37. The maximum atomic E-state index is 13.4.